The number of urea groups is 1. The number of fused-ring (bicyclic) bond motifs is 1. The number of amides is 2. The van der Waals surface area contributed by atoms with Gasteiger partial charge in [0.1, 0.15) is 5.76 Å². The molecule has 3 aromatic rings. The number of rotatable bonds is 6. The molecule has 1 fully saturated rings. The molecule has 0 aliphatic carbocycles. The Kier molecular flexibility index (Phi) is 5.29. The molecule has 2 atom stereocenters. The summed E-state index contributed by atoms with van der Waals surface area (Å²) in [4.78, 5) is 16.9. The van der Waals surface area contributed by atoms with E-state index in [2.05, 4.69) is 32.3 Å². The Balaban J connectivity index is 1.37. The fraction of sp³-hybridized carbons (Fsp3) is 0.450. The molecule has 2 N–H and O–H groups in total. The number of nitrogens with zero attached hydrogens (tertiary/aromatic N) is 3. The van der Waals surface area contributed by atoms with Crippen molar-refractivity contribution < 1.29 is 14.1 Å². The highest BCUT2D eigenvalue weighted by atomic mass is 16.5. The molecule has 4 rings (SSSR count). The van der Waals surface area contributed by atoms with Gasteiger partial charge in [-0.1, -0.05) is 12.1 Å². The number of benzene rings is 1. The van der Waals surface area contributed by atoms with Crippen LogP contribution in [0, 0.1) is 12.8 Å². The summed E-state index contributed by atoms with van der Waals surface area (Å²) in [5.41, 5.74) is 3.51. The fourth-order valence-electron chi connectivity index (χ4n) is 3.63. The van der Waals surface area contributed by atoms with Crippen molar-refractivity contribution in [2.24, 2.45) is 5.92 Å². The number of anilines is 1. The Hall–Kier alpha value is -2.87. The van der Waals surface area contributed by atoms with Crippen LogP contribution < -0.4 is 10.6 Å². The number of nitrogens with one attached hydrogen (secondary N) is 2. The molecule has 2 amide bonds. The zero-order valence-corrected chi connectivity index (χ0v) is 16.1. The van der Waals surface area contributed by atoms with Crippen molar-refractivity contribution >= 4 is 22.8 Å². The van der Waals surface area contributed by atoms with E-state index in [0.29, 0.717) is 25.3 Å². The van der Waals surface area contributed by atoms with Gasteiger partial charge in [0, 0.05) is 30.6 Å². The van der Waals surface area contributed by atoms with Crippen LogP contribution in [-0.2, 0) is 17.7 Å². The Bertz CT molecular complexity index is 964. The molecule has 0 radical (unpaired) electrons. The van der Waals surface area contributed by atoms with Crippen molar-refractivity contribution in [2.75, 3.05) is 18.5 Å². The number of hydrogen-bond acceptors (Lipinski definition) is 5. The molecule has 1 aromatic carbocycles. The minimum atomic E-state index is -0.249. The third-order valence-electron chi connectivity index (χ3n) is 5.00. The van der Waals surface area contributed by atoms with Gasteiger partial charge in [-0.05, 0) is 31.5 Å². The van der Waals surface area contributed by atoms with E-state index >= 15 is 0 Å². The lowest BCUT2D eigenvalue weighted by molar-refractivity contribution is 0.181. The number of carbonyl (C=O) groups is 1. The van der Waals surface area contributed by atoms with E-state index in [0.717, 1.165) is 35.5 Å². The predicted molar refractivity (Wildman–Crippen MR) is 105 cm³/mol. The number of aryl methyl sites for hydroxylation is 2. The molecule has 148 valence electrons. The van der Waals surface area contributed by atoms with Gasteiger partial charge in [-0.2, -0.15) is 0 Å². The Morgan fingerprint density at radius 2 is 2.21 bits per heavy atom. The summed E-state index contributed by atoms with van der Waals surface area (Å²) in [5.74, 6) is 0.971. The Labute approximate surface area is 163 Å². The van der Waals surface area contributed by atoms with E-state index < -0.39 is 0 Å². The number of imidazole rings is 1. The maximum atomic E-state index is 12.5. The highest BCUT2D eigenvalue weighted by Crippen LogP contribution is 2.21. The van der Waals surface area contributed by atoms with Gasteiger partial charge in [0.05, 0.1) is 42.3 Å². The minimum Gasteiger partial charge on any atom is -0.379 e. The fourth-order valence-corrected chi connectivity index (χ4v) is 3.63. The minimum absolute atomic E-state index is 0.0714. The summed E-state index contributed by atoms with van der Waals surface area (Å²) in [6.45, 7) is 6.04. The van der Waals surface area contributed by atoms with Crippen molar-refractivity contribution in [3.05, 3.63) is 42.0 Å². The standard InChI is InChI=1S/C20H25N5O3/c1-3-6-25-12-21-17-9-15(4-5-19(17)25)22-20(26)23-18-11-27-10-14(18)8-16-7-13(2)24-28-16/h4-5,7,9,12,14,18H,3,6,8,10-11H2,1-2H3,(H2,22,23,26). The zero-order chi connectivity index (χ0) is 19.5. The van der Waals surface area contributed by atoms with Gasteiger partial charge in [0.25, 0.3) is 0 Å². The highest BCUT2D eigenvalue weighted by Gasteiger charge is 2.30. The monoisotopic (exact) mass is 383 g/mol. The molecule has 0 saturated carbocycles. The molecular weight excluding hydrogens is 358 g/mol. The molecule has 1 aliphatic heterocycles. The third kappa shape index (κ3) is 4.01. The van der Waals surface area contributed by atoms with E-state index in [1.807, 2.05) is 37.5 Å². The van der Waals surface area contributed by atoms with Crippen LogP contribution in [0.5, 0.6) is 0 Å². The topological polar surface area (TPSA) is 94.2 Å². The first-order valence-electron chi connectivity index (χ1n) is 9.64. The Morgan fingerprint density at radius 3 is 3.00 bits per heavy atom. The van der Waals surface area contributed by atoms with Crippen LogP contribution >= 0.6 is 0 Å². The van der Waals surface area contributed by atoms with Crippen molar-refractivity contribution in [1.29, 1.82) is 0 Å². The number of aromatic nitrogens is 3. The molecule has 2 unspecified atom stereocenters. The average Bonchev–Trinajstić information content (AvgIpc) is 3.37. The quantitative estimate of drug-likeness (QED) is 0.682. The largest absolute Gasteiger partial charge is 0.379 e. The second-order valence-corrected chi connectivity index (χ2v) is 7.28. The van der Waals surface area contributed by atoms with E-state index in [4.69, 9.17) is 9.26 Å². The lowest BCUT2D eigenvalue weighted by Gasteiger charge is -2.18. The number of hydrogen-bond donors (Lipinski definition) is 2. The molecule has 28 heavy (non-hydrogen) atoms. The molecule has 0 spiro atoms. The maximum Gasteiger partial charge on any atom is 0.319 e. The maximum absolute atomic E-state index is 12.5. The zero-order valence-electron chi connectivity index (χ0n) is 16.1. The molecule has 1 aliphatic rings. The van der Waals surface area contributed by atoms with Crippen LogP contribution in [-0.4, -0.2) is 40.0 Å². The lowest BCUT2D eigenvalue weighted by Crippen LogP contribution is -2.42. The summed E-state index contributed by atoms with van der Waals surface area (Å²) < 4.78 is 13.0. The smallest absolute Gasteiger partial charge is 0.319 e. The normalized spacial score (nSPS) is 19.2. The summed E-state index contributed by atoms with van der Waals surface area (Å²) in [6.07, 6.45) is 3.57. The molecule has 3 heterocycles. The summed E-state index contributed by atoms with van der Waals surface area (Å²) >= 11 is 0. The van der Waals surface area contributed by atoms with Gasteiger partial charge in [-0.25, -0.2) is 9.78 Å². The van der Waals surface area contributed by atoms with Crippen molar-refractivity contribution in [3.8, 4) is 0 Å². The van der Waals surface area contributed by atoms with Crippen molar-refractivity contribution in [3.63, 3.8) is 0 Å². The first-order valence-corrected chi connectivity index (χ1v) is 9.64. The van der Waals surface area contributed by atoms with E-state index in [-0.39, 0.29) is 18.0 Å². The van der Waals surface area contributed by atoms with Crippen LogP contribution in [0.15, 0.2) is 35.1 Å². The predicted octanol–water partition coefficient (Wildman–Crippen LogP) is 3.12. The van der Waals surface area contributed by atoms with Crippen LogP contribution in [0.4, 0.5) is 10.5 Å². The summed E-state index contributed by atoms with van der Waals surface area (Å²) in [6, 6.07) is 7.37. The van der Waals surface area contributed by atoms with Gasteiger partial charge < -0.3 is 24.5 Å². The molecule has 2 aromatic heterocycles. The van der Waals surface area contributed by atoms with E-state index in [1.54, 1.807) is 0 Å². The number of carbonyl (C=O) groups excluding carboxylic acids is 1. The average molecular weight is 383 g/mol. The first kappa shape index (κ1) is 18.5. The number of ether oxygens (including phenoxy) is 1. The van der Waals surface area contributed by atoms with Gasteiger partial charge in [0.15, 0.2) is 0 Å². The Morgan fingerprint density at radius 1 is 1.32 bits per heavy atom. The van der Waals surface area contributed by atoms with Crippen LogP contribution in [0.2, 0.25) is 0 Å². The molecule has 0 bridgehead atoms. The molecule has 8 nitrogen and oxygen atoms in total. The van der Waals surface area contributed by atoms with E-state index in [1.165, 1.54) is 0 Å². The highest BCUT2D eigenvalue weighted by molar-refractivity contribution is 5.92. The summed E-state index contributed by atoms with van der Waals surface area (Å²) in [5, 5.41) is 9.83. The van der Waals surface area contributed by atoms with Gasteiger partial charge in [-0.15, -0.1) is 0 Å². The van der Waals surface area contributed by atoms with Crippen LogP contribution in [0.1, 0.15) is 24.8 Å². The third-order valence-corrected chi connectivity index (χ3v) is 5.00. The second kappa shape index (κ2) is 8.02. The molecular formula is C20H25N5O3. The first-order chi connectivity index (χ1) is 13.6. The summed E-state index contributed by atoms with van der Waals surface area (Å²) in [7, 11) is 0. The van der Waals surface area contributed by atoms with Gasteiger partial charge >= 0.3 is 6.03 Å². The van der Waals surface area contributed by atoms with Crippen LogP contribution in [0.25, 0.3) is 11.0 Å². The molecule has 1 saturated heterocycles. The van der Waals surface area contributed by atoms with Crippen molar-refractivity contribution in [1.82, 2.24) is 20.0 Å². The lowest BCUT2D eigenvalue weighted by atomic mass is 9.98. The van der Waals surface area contributed by atoms with Crippen molar-refractivity contribution in [2.45, 2.75) is 39.3 Å². The van der Waals surface area contributed by atoms with Gasteiger partial charge in [-0.3, -0.25) is 0 Å². The van der Waals surface area contributed by atoms with Crippen LogP contribution in [0.3, 0.4) is 0 Å². The second-order valence-electron chi connectivity index (χ2n) is 7.28. The van der Waals surface area contributed by atoms with E-state index in [9.17, 15) is 4.79 Å². The SMILES string of the molecule is CCCn1cnc2cc(NC(=O)NC3COCC3Cc3cc(C)no3)ccc21. The van der Waals surface area contributed by atoms with Gasteiger partial charge in [0.2, 0.25) is 0 Å². The molecule has 8 heteroatoms.